The highest BCUT2D eigenvalue weighted by Gasteiger charge is 2.14. The summed E-state index contributed by atoms with van der Waals surface area (Å²) < 4.78 is 2.12. The van der Waals surface area contributed by atoms with Crippen molar-refractivity contribution < 1.29 is 4.79 Å². The maximum atomic E-state index is 11.6. The predicted molar refractivity (Wildman–Crippen MR) is 141 cm³/mol. The number of likely N-dealkylation sites (N-methyl/N-ethyl adjacent to an activating group) is 1. The SMILES string of the molecule is C=CC(=O)Nc1cccc(Cn2ccc3cnc(Cc4ccc(N5CCN(C)CC5)cc4)nc32)c1. The lowest BCUT2D eigenvalue weighted by atomic mass is 10.1. The van der Waals surface area contributed by atoms with Gasteiger partial charge in [0.05, 0.1) is 0 Å². The average molecular weight is 467 g/mol. The van der Waals surface area contributed by atoms with Crippen LogP contribution in [0, 0.1) is 0 Å². The number of rotatable bonds is 7. The molecule has 0 bridgehead atoms. The standard InChI is InChI=1S/C28H30N6O/c1-3-27(35)30-24-6-4-5-22(17-24)20-34-12-11-23-19-29-26(31-28(23)34)18-21-7-9-25(10-8-21)33-15-13-32(2)14-16-33/h3-12,17,19H,1,13-16,18,20H2,2H3,(H,30,35). The van der Waals surface area contributed by atoms with E-state index in [1.165, 1.54) is 17.3 Å². The number of fused-ring (bicyclic) bond motifs is 1. The molecule has 4 aromatic rings. The molecule has 0 unspecified atom stereocenters. The Morgan fingerprint density at radius 2 is 1.86 bits per heavy atom. The maximum Gasteiger partial charge on any atom is 0.247 e. The van der Waals surface area contributed by atoms with Gasteiger partial charge in [-0.3, -0.25) is 4.79 Å². The van der Waals surface area contributed by atoms with Crippen molar-refractivity contribution in [2.24, 2.45) is 0 Å². The third kappa shape index (κ3) is 5.41. The molecule has 178 valence electrons. The molecule has 1 amide bonds. The number of benzene rings is 2. The molecule has 2 aromatic heterocycles. The number of hydrogen-bond donors (Lipinski definition) is 1. The first kappa shape index (κ1) is 22.8. The number of nitrogens with one attached hydrogen (secondary N) is 1. The summed E-state index contributed by atoms with van der Waals surface area (Å²) in [5, 5.41) is 3.82. The largest absolute Gasteiger partial charge is 0.369 e. The van der Waals surface area contributed by atoms with Crippen molar-refractivity contribution in [1.29, 1.82) is 0 Å². The van der Waals surface area contributed by atoms with Gasteiger partial charge in [-0.05, 0) is 54.6 Å². The van der Waals surface area contributed by atoms with Crippen LogP contribution in [0.3, 0.4) is 0 Å². The summed E-state index contributed by atoms with van der Waals surface area (Å²) in [7, 11) is 2.18. The van der Waals surface area contributed by atoms with Crippen molar-refractivity contribution in [2.45, 2.75) is 13.0 Å². The molecule has 2 aromatic carbocycles. The number of piperazine rings is 1. The van der Waals surface area contributed by atoms with Crippen LogP contribution in [0.25, 0.3) is 11.0 Å². The van der Waals surface area contributed by atoms with Gasteiger partial charge in [0.25, 0.3) is 0 Å². The van der Waals surface area contributed by atoms with Crippen molar-refractivity contribution in [1.82, 2.24) is 19.4 Å². The van der Waals surface area contributed by atoms with Crippen LogP contribution in [0.5, 0.6) is 0 Å². The fraction of sp³-hybridized carbons (Fsp3) is 0.250. The van der Waals surface area contributed by atoms with Crippen molar-refractivity contribution in [2.75, 3.05) is 43.4 Å². The smallest absolute Gasteiger partial charge is 0.247 e. The van der Waals surface area contributed by atoms with E-state index < -0.39 is 0 Å². The van der Waals surface area contributed by atoms with Crippen LogP contribution in [0.15, 0.2) is 79.6 Å². The predicted octanol–water partition coefficient (Wildman–Crippen LogP) is 3.95. The monoisotopic (exact) mass is 466 g/mol. The van der Waals surface area contributed by atoms with Crippen LogP contribution in [0.4, 0.5) is 11.4 Å². The Morgan fingerprint density at radius 1 is 1.06 bits per heavy atom. The summed E-state index contributed by atoms with van der Waals surface area (Å²) in [6, 6.07) is 18.6. The average Bonchev–Trinajstić information content (AvgIpc) is 3.27. The van der Waals surface area contributed by atoms with Crippen molar-refractivity contribution in [3.8, 4) is 0 Å². The van der Waals surface area contributed by atoms with E-state index >= 15 is 0 Å². The molecule has 7 nitrogen and oxygen atoms in total. The highest BCUT2D eigenvalue weighted by molar-refractivity contribution is 5.98. The van der Waals surface area contributed by atoms with Crippen LogP contribution in [0.2, 0.25) is 0 Å². The third-order valence-corrected chi connectivity index (χ3v) is 6.45. The molecule has 35 heavy (non-hydrogen) atoms. The molecule has 0 aliphatic carbocycles. The summed E-state index contributed by atoms with van der Waals surface area (Å²) in [6.07, 6.45) is 5.88. The fourth-order valence-electron chi connectivity index (χ4n) is 4.43. The van der Waals surface area contributed by atoms with Crippen LogP contribution >= 0.6 is 0 Å². The topological polar surface area (TPSA) is 66.3 Å². The van der Waals surface area contributed by atoms with Crippen LogP contribution in [-0.2, 0) is 17.8 Å². The summed E-state index contributed by atoms with van der Waals surface area (Å²) >= 11 is 0. The van der Waals surface area contributed by atoms with Crippen LogP contribution < -0.4 is 10.2 Å². The second-order valence-electron chi connectivity index (χ2n) is 9.04. The van der Waals surface area contributed by atoms with E-state index in [2.05, 4.69) is 62.6 Å². The van der Waals surface area contributed by atoms with E-state index in [1.807, 2.05) is 42.7 Å². The molecule has 1 fully saturated rings. The number of nitrogens with zero attached hydrogens (tertiary/aromatic N) is 5. The second kappa shape index (κ2) is 10.1. The minimum absolute atomic E-state index is 0.220. The number of hydrogen-bond acceptors (Lipinski definition) is 5. The normalized spacial score (nSPS) is 14.3. The van der Waals surface area contributed by atoms with Crippen LogP contribution in [-0.4, -0.2) is 58.6 Å². The minimum Gasteiger partial charge on any atom is -0.369 e. The highest BCUT2D eigenvalue weighted by Crippen LogP contribution is 2.20. The zero-order valence-electron chi connectivity index (χ0n) is 20.0. The zero-order chi connectivity index (χ0) is 24.2. The lowest BCUT2D eigenvalue weighted by molar-refractivity contribution is -0.111. The molecular weight excluding hydrogens is 436 g/mol. The Balaban J connectivity index is 1.30. The van der Waals surface area contributed by atoms with Gasteiger partial charge in [0.2, 0.25) is 5.91 Å². The van der Waals surface area contributed by atoms with E-state index in [1.54, 1.807) is 0 Å². The summed E-state index contributed by atoms with van der Waals surface area (Å²) in [4.78, 5) is 25.9. The second-order valence-corrected chi connectivity index (χ2v) is 9.04. The molecule has 1 aliphatic heterocycles. The lowest BCUT2D eigenvalue weighted by Crippen LogP contribution is -2.44. The van der Waals surface area contributed by atoms with Gasteiger partial charge in [-0.1, -0.05) is 30.8 Å². The molecular formula is C28H30N6O. The third-order valence-electron chi connectivity index (χ3n) is 6.45. The number of carbonyl (C=O) groups is 1. The Kier molecular flexibility index (Phi) is 6.59. The molecule has 0 spiro atoms. The molecule has 1 saturated heterocycles. The molecule has 3 heterocycles. The van der Waals surface area contributed by atoms with Gasteiger partial charge in [0.1, 0.15) is 11.5 Å². The summed E-state index contributed by atoms with van der Waals surface area (Å²) in [5.41, 5.74) is 5.21. The van der Waals surface area contributed by atoms with Gasteiger partial charge in [0.15, 0.2) is 0 Å². The Labute approximate surface area is 205 Å². The van der Waals surface area contributed by atoms with Crippen molar-refractivity contribution >= 4 is 28.3 Å². The van der Waals surface area contributed by atoms with E-state index in [-0.39, 0.29) is 5.91 Å². The van der Waals surface area contributed by atoms with E-state index in [0.717, 1.165) is 54.3 Å². The fourth-order valence-corrected chi connectivity index (χ4v) is 4.43. The zero-order valence-corrected chi connectivity index (χ0v) is 20.0. The molecule has 0 saturated carbocycles. The van der Waals surface area contributed by atoms with Gasteiger partial charge >= 0.3 is 0 Å². The molecule has 5 rings (SSSR count). The first-order valence-electron chi connectivity index (χ1n) is 11.9. The molecule has 0 radical (unpaired) electrons. The summed E-state index contributed by atoms with van der Waals surface area (Å²) in [5.74, 6) is 0.583. The number of aromatic nitrogens is 3. The molecule has 7 heteroatoms. The number of carbonyl (C=O) groups excluding carboxylic acids is 1. The molecule has 1 aliphatic rings. The highest BCUT2D eigenvalue weighted by atomic mass is 16.1. The van der Waals surface area contributed by atoms with E-state index in [0.29, 0.717) is 13.0 Å². The van der Waals surface area contributed by atoms with Gasteiger partial charge in [-0.2, -0.15) is 0 Å². The van der Waals surface area contributed by atoms with Gasteiger partial charge in [-0.25, -0.2) is 9.97 Å². The molecule has 0 atom stereocenters. The maximum absolute atomic E-state index is 11.6. The van der Waals surface area contributed by atoms with E-state index in [9.17, 15) is 4.79 Å². The quantitative estimate of drug-likeness (QED) is 0.418. The Morgan fingerprint density at radius 3 is 2.63 bits per heavy atom. The van der Waals surface area contributed by atoms with Gasteiger partial charge < -0.3 is 19.7 Å². The van der Waals surface area contributed by atoms with Crippen LogP contribution in [0.1, 0.15) is 17.0 Å². The van der Waals surface area contributed by atoms with Gasteiger partial charge in [-0.15, -0.1) is 0 Å². The molecule has 1 N–H and O–H groups in total. The first-order chi connectivity index (χ1) is 17.1. The number of amides is 1. The summed E-state index contributed by atoms with van der Waals surface area (Å²) in [6.45, 7) is 8.49. The minimum atomic E-state index is -0.220. The number of anilines is 2. The van der Waals surface area contributed by atoms with Crippen molar-refractivity contribution in [3.63, 3.8) is 0 Å². The van der Waals surface area contributed by atoms with Crippen molar-refractivity contribution in [3.05, 3.63) is 96.6 Å². The Hall–Kier alpha value is -3.97. The Bertz CT molecular complexity index is 1340. The lowest BCUT2D eigenvalue weighted by Gasteiger charge is -2.34. The van der Waals surface area contributed by atoms with E-state index in [4.69, 9.17) is 4.98 Å². The van der Waals surface area contributed by atoms with Gasteiger partial charge in [0, 0.05) is 68.3 Å². The first-order valence-corrected chi connectivity index (χ1v) is 11.9.